The summed E-state index contributed by atoms with van der Waals surface area (Å²) in [4.78, 5) is 12.1. The number of rotatable bonds is 5. The zero-order valence-electron chi connectivity index (χ0n) is 14.0. The van der Waals surface area contributed by atoms with Gasteiger partial charge in [-0.15, -0.1) is 0 Å². The summed E-state index contributed by atoms with van der Waals surface area (Å²) in [6.45, 7) is 3.51. The van der Waals surface area contributed by atoms with Gasteiger partial charge in [0.05, 0.1) is 14.2 Å². The molecule has 2 rings (SSSR count). The normalized spacial score (nSPS) is 10.5. The van der Waals surface area contributed by atoms with Crippen LogP contribution in [0.2, 0.25) is 0 Å². The molecule has 0 bridgehead atoms. The van der Waals surface area contributed by atoms with Crippen molar-refractivity contribution in [2.24, 2.45) is 0 Å². The molecule has 1 aromatic carbocycles. The van der Waals surface area contributed by atoms with Crippen LogP contribution in [0.3, 0.4) is 0 Å². The Labute approximate surface area is 140 Å². The molecule has 1 aromatic heterocycles. The van der Waals surface area contributed by atoms with Gasteiger partial charge in [-0.2, -0.15) is 5.26 Å². The van der Waals surface area contributed by atoms with E-state index in [0.717, 1.165) is 0 Å². The molecule has 0 saturated heterocycles. The first kappa shape index (κ1) is 17.2. The molecular weight excluding hydrogens is 308 g/mol. The van der Waals surface area contributed by atoms with Gasteiger partial charge in [-0.05, 0) is 38.1 Å². The topological polar surface area (TPSA) is 84.5 Å². The van der Waals surface area contributed by atoms with Gasteiger partial charge in [0.2, 0.25) is 5.88 Å². The molecule has 0 aliphatic heterocycles. The van der Waals surface area contributed by atoms with Crippen molar-refractivity contribution in [1.82, 2.24) is 0 Å². The van der Waals surface area contributed by atoms with Gasteiger partial charge < -0.3 is 13.9 Å². The minimum atomic E-state index is -0.412. The fourth-order valence-corrected chi connectivity index (χ4v) is 2.14. The number of ether oxygens (including phenoxy) is 2. The smallest absolute Gasteiger partial charge is 0.250 e. The Morgan fingerprint density at radius 1 is 1.29 bits per heavy atom. The van der Waals surface area contributed by atoms with Gasteiger partial charge in [-0.1, -0.05) is 0 Å². The Morgan fingerprint density at radius 3 is 2.67 bits per heavy atom. The fraction of sp³-hybridized carbons (Fsp3) is 0.222. The Bertz CT molecular complexity index is 828. The number of nitrogens with one attached hydrogen (secondary N) is 1. The second-order valence-electron chi connectivity index (χ2n) is 5.03. The number of aryl methyl sites for hydroxylation is 1. The van der Waals surface area contributed by atoms with E-state index in [1.54, 1.807) is 52.3 Å². The Hall–Kier alpha value is -3.20. The molecule has 124 valence electrons. The number of hydrogen-bond donors (Lipinski definition) is 1. The average Bonchev–Trinajstić information content (AvgIpc) is 2.85. The third-order valence-corrected chi connectivity index (χ3v) is 3.58. The number of carbonyl (C=O) groups excluding carboxylic acids is 1. The number of anilines is 1. The van der Waals surface area contributed by atoms with E-state index in [1.807, 2.05) is 6.07 Å². The Kier molecular flexibility index (Phi) is 5.27. The fourth-order valence-electron chi connectivity index (χ4n) is 2.14. The summed E-state index contributed by atoms with van der Waals surface area (Å²) >= 11 is 0. The summed E-state index contributed by atoms with van der Waals surface area (Å²) in [5, 5.41) is 11.7. The van der Waals surface area contributed by atoms with Gasteiger partial charge in [0.1, 0.15) is 28.9 Å². The van der Waals surface area contributed by atoms with E-state index in [9.17, 15) is 4.79 Å². The lowest BCUT2D eigenvalue weighted by Crippen LogP contribution is -2.08. The van der Waals surface area contributed by atoms with Gasteiger partial charge in [0.25, 0.3) is 5.91 Å². The van der Waals surface area contributed by atoms with Gasteiger partial charge in [0.15, 0.2) is 0 Å². The highest BCUT2D eigenvalue weighted by Gasteiger charge is 2.15. The van der Waals surface area contributed by atoms with Crippen LogP contribution in [0, 0.1) is 25.2 Å². The second kappa shape index (κ2) is 7.38. The van der Waals surface area contributed by atoms with Gasteiger partial charge in [-0.3, -0.25) is 10.1 Å². The molecule has 0 atom stereocenters. The highest BCUT2D eigenvalue weighted by atomic mass is 16.5. The van der Waals surface area contributed by atoms with Crippen LogP contribution in [-0.4, -0.2) is 20.1 Å². The van der Waals surface area contributed by atoms with Crippen LogP contribution in [0.25, 0.3) is 6.08 Å². The van der Waals surface area contributed by atoms with Crippen molar-refractivity contribution in [1.29, 1.82) is 5.26 Å². The van der Waals surface area contributed by atoms with Gasteiger partial charge >= 0.3 is 0 Å². The number of carbonyl (C=O) groups is 1. The number of methoxy groups -OCH3 is 2. The molecule has 0 aliphatic rings. The summed E-state index contributed by atoms with van der Waals surface area (Å²) in [6, 6.07) is 7.30. The van der Waals surface area contributed by atoms with E-state index >= 15 is 0 Å². The summed E-state index contributed by atoms with van der Waals surface area (Å²) in [7, 11) is 3.11. The molecule has 1 amide bonds. The van der Waals surface area contributed by atoms with Crippen molar-refractivity contribution in [3.63, 3.8) is 0 Å². The average molecular weight is 326 g/mol. The molecule has 0 fully saturated rings. The summed E-state index contributed by atoms with van der Waals surface area (Å²) in [6.07, 6.45) is 2.94. The molecule has 0 unspecified atom stereocenters. The predicted molar refractivity (Wildman–Crippen MR) is 90.1 cm³/mol. The van der Waals surface area contributed by atoms with Crippen molar-refractivity contribution < 1.29 is 18.7 Å². The van der Waals surface area contributed by atoms with Crippen LogP contribution in [0.1, 0.15) is 22.5 Å². The number of amides is 1. The third-order valence-electron chi connectivity index (χ3n) is 3.58. The molecule has 0 spiro atoms. The van der Waals surface area contributed by atoms with Crippen LogP contribution in [0.15, 0.2) is 28.7 Å². The molecule has 1 heterocycles. The zero-order valence-corrected chi connectivity index (χ0v) is 14.0. The van der Waals surface area contributed by atoms with Crippen molar-refractivity contribution in [2.75, 3.05) is 19.5 Å². The SMILES string of the molecule is COc1ccc(OC)c(/C=C/C(=O)Nc2oc(C)c(C)c2C#N)c1. The maximum atomic E-state index is 12.1. The molecule has 2 aromatic rings. The molecular formula is C18H18N2O4. The number of furan rings is 1. The molecule has 6 nitrogen and oxygen atoms in total. The lowest BCUT2D eigenvalue weighted by atomic mass is 10.1. The van der Waals surface area contributed by atoms with Crippen LogP contribution in [0.5, 0.6) is 11.5 Å². The van der Waals surface area contributed by atoms with E-state index < -0.39 is 5.91 Å². The van der Waals surface area contributed by atoms with E-state index in [0.29, 0.717) is 33.9 Å². The number of nitriles is 1. The number of benzene rings is 1. The number of hydrogen-bond acceptors (Lipinski definition) is 5. The van der Waals surface area contributed by atoms with Crippen molar-refractivity contribution >= 4 is 17.9 Å². The van der Waals surface area contributed by atoms with E-state index in [4.69, 9.17) is 19.2 Å². The van der Waals surface area contributed by atoms with Crippen LogP contribution in [0.4, 0.5) is 5.88 Å². The molecule has 0 aliphatic carbocycles. The van der Waals surface area contributed by atoms with Gasteiger partial charge in [0, 0.05) is 17.2 Å². The Balaban J connectivity index is 2.20. The van der Waals surface area contributed by atoms with E-state index in [-0.39, 0.29) is 5.88 Å². The molecule has 1 N–H and O–H groups in total. The van der Waals surface area contributed by atoms with Crippen molar-refractivity contribution in [3.8, 4) is 17.6 Å². The Morgan fingerprint density at radius 2 is 2.04 bits per heavy atom. The first-order valence-electron chi connectivity index (χ1n) is 7.21. The highest BCUT2D eigenvalue weighted by molar-refractivity contribution is 6.02. The monoisotopic (exact) mass is 326 g/mol. The minimum absolute atomic E-state index is 0.153. The van der Waals surface area contributed by atoms with Crippen LogP contribution < -0.4 is 14.8 Å². The molecule has 24 heavy (non-hydrogen) atoms. The maximum absolute atomic E-state index is 12.1. The summed E-state index contributed by atoms with van der Waals surface area (Å²) in [5.41, 5.74) is 1.73. The quantitative estimate of drug-likeness (QED) is 0.851. The summed E-state index contributed by atoms with van der Waals surface area (Å²) in [5.74, 6) is 1.60. The number of nitrogens with zero attached hydrogens (tertiary/aromatic N) is 1. The first-order valence-corrected chi connectivity index (χ1v) is 7.21. The maximum Gasteiger partial charge on any atom is 0.250 e. The second-order valence-corrected chi connectivity index (χ2v) is 5.03. The minimum Gasteiger partial charge on any atom is -0.497 e. The molecule has 0 radical (unpaired) electrons. The highest BCUT2D eigenvalue weighted by Crippen LogP contribution is 2.26. The van der Waals surface area contributed by atoms with Crippen LogP contribution >= 0.6 is 0 Å². The van der Waals surface area contributed by atoms with Crippen molar-refractivity contribution in [2.45, 2.75) is 13.8 Å². The third kappa shape index (κ3) is 3.58. The first-order chi connectivity index (χ1) is 11.5. The lowest BCUT2D eigenvalue weighted by Gasteiger charge is -2.07. The van der Waals surface area contributed by atoms with E-state index in [2.05, 4.69) is 5.32 Å². The lowest BCUT2D eigenvalue weighted by molar-refractivity contribution is -0.111. The zero-order chi connectivity index (χ0) is 17.7. The summed E-state index contributed by atoms with van der Waals surface area (Å²) < 4.78 is 15.8. The van der Waals surface area contributed by atoms with Crippen molar-refractivity contribution in [3.05, 3.63) is 46.7 Å². The molecule has 6 heteroatoms. The van der Waals surface area contributed by atoms with Crippen LogP contribution in [-0.2, 0) is 4.79 Å². The molecule has 0 saturated carbocycles. The van der Waals surface area contributed by atoms with Gasteiger partial charge in [-0.25, -0.2) is 0 Å². The predicted octanol–water partition coefficient (Wildman–Crippen LogP) is 3.44. The largest absolute Gasteiger partial charge is 0.497 e. The van der Waals surface area contributed by atoms with E-state index in [1.165, 1.54) is 6.08 Å². The standard InChI is InChI=1S/C18H18N2O4/c1-11-12(2)24-18(15(11)10-19)20-17(21)8-5-13-9-14(22-3)6-7-16(13)23-4/h5-9H,1-4H3,(H,20,21)/b8-5+.